The Bertz CT molecular complexity index is 1870. The van der Waals surface area contributed by atoms with Gasteiger partial charge in [0.2, 0.25) is 21.6 Å². The molecule has 2 aliphatic rings. The highest BCUT2D eigenvalue weighted by atomic mass is 32.2. The van der Waals surface area contributed by atoms with Gasteiger partial charge < -0.3 is 27.4 Å². The standard InChI is InChI=1S/C16H19FN4O3S2.C15H17FN4OS/c1-26(23,24)21-7-5-12(6-8-21)19-16-20-15(18)14(25-16)13(22)10-3-2-4-11(17)9-10;16-10-3-1-2-9(8-10)12(21)13-14(17)20-15(22-13)19-11-4-6-18-7-5-11/h2-4,9,12H,5-8,18H2,1H3,(H,19,20);1-3,8,11,18H,4-7,17H2,(H,19,20). The number of thiazole rings is 2. The molecule has 2 aromatic heterocycles. The summed E-state index contributed by atoms with van der Waals surface area (Å²) in [7, 11) is -3.17. The monoisotopic (exact) mass is 718 g/mol. The molecule has 2 aromatic carbocycles. The van der Waals surface area contributed by atoms with Crippen LogP contribution in [-0.4, -0.2) is 78.8 Å². The Morgan fingerprint density at radius 1 is 0.812 bits per heavy atom. The van der Waals surface area contributed by atoms with Crippen LogP contribution in [-0.2, 0) is 10.0 Å². The van der Waals surface area contributed by atoms with E-state index >= 15 is 0 Å². The second-order valence-electron chi connectivity index (χ2n) is 11.4. The minimum atomic E-state index is -3.17. The number of nitrogens with one attached hydrogen (secondary N) is 3. The number of ketones is 2. The fourth-order valence-electron chi connectivity index (χ4n) is 5.28. The molecule has 12 nitrogen and oxygen atoms in total. The van der Waals surface area contributed by atoms with Crippen molar-refractivity contribution in [3.63, 3.8) is 0 Å². The zero-order chi connectivity index (χ0) is 34.4. The largest absolute Gasteiger partial charge is 0.382 e. The quantitative estimate of drug-likeness (QED) is 0.156. The molecule has 0 bridgehead atoms. The normalized spacial score (nSPS) is 16.1. The summed E-state index contributed by atoms with van der Waals surface area (Å²) in [5.41, 5.74) is 12.2. The van der Waals surface area contributed by atoms with Crippen molar-refractivity contribution in [2.75, 3.05) is 54.5 Å². The van der Waals surface area contributed by atoms with Crippen LogP contribution < -0.4 is 27.4 Å². The molecule has 0 spiro atoms. The first-order valence-corrected chi connectivity index (χ1v) is 18.7. The average Bonchev–Trinajstić information content (AvgIpc) is 3.61. The Labute approximate surface area is 285 Å². The number of nitrogens with two attached hydrogens (primary N) is 2. The van der Waals surface area contributed by atoms with E-state index < -0.39 is 21.7 Å². The van der Waals surface area contributed by atoms with Crippen molar-refractivity contribution < 1.29 is 26.8 Å². The van der Waals surface area contributed by atoms with E-state index in [0.29, 0.717) is 47.1 Å². The molecule has 48 heavy (non-hydrogen) atoms. The first-order valence-electron chi connectivity index (χ1n) is 15.2. The Balaban J connectivity index is 0.000000190. The van der Waals surface area contributed by atoms with Gasteiger partial charge in [-0.1, -0.05) is 46.9 Å². The van der Waals surface area contributed by atoms with Crippen molar-refractivity contribution in [2.45, 2.75) is 37.8 Å². The molecule has 6 rings (SSSR count). The Kier molecular flexibility index (Phi) is 11.4. The molecule has 256 valence electrons. The lowest BCUT2D eigenvalue weighted by Crippen LogP contribution is -2.41. The van der Waals surface area contributed by atoms with Gasteiger partial charge in [0, 0.05) is 36.3 Å². The molecule has 2 saturated heterocycles. The molecule has 4 heterocycles. The number of anilines is 4. The molecular formula is C31H36F2N8O4S3. The number of hydrogen-bond acceptors (Lipinski definition) is 13. The lowest BCUT2D eigenvalue weighted by molar-refractivity contribution is 0.103. The topological polar surface area (TPSA) is 185 Å². The maximum atomic E-state index is 13.3. The number of benzene rings is 2. The van der Waals surface area contributed by atoms with Crippen LogP contribution >= 0.6 is 22.7 Å². The van der Waals surface area contributed by atoms with Crippen LogP contribution in [0.2, 0.25) is 0 Å². The number of sulfonamides is 1. The molecule has 2 aliphatic heterocycles. The molecule has 0 aliphatic carbocycles. The van der Waals surface area contributed by atoms with Crippen LogP contribution in [0, 0.1) is 11.6 Å². The molecule has 4 aromatic rings. The number of nitrogens with zero attached hydrogens (tertiary/aromatic N) is 3. The average molecular weight is 719 g/mol. The summed E-state index contributed by atoms with van der Waals surface area (Å²) in [5, 5.41) is 11.0. The molecule has 0 saturated carbocycles. The summed E-state index contributed by atoms with van der Waals surface area (Å²) in [4.78, 5) is 33.9. The third-order valence-electron chi connectivity index (χ3n) is 7.81. The van der Waals surface area contributed by atoms with E-state index in [4.69, 9.17) is 11.5 Å². The van der Waals surface area contributed by atoms with Gasteiger partial charge in [0.25, 0.3) is 0 Å². The number of carbonyl (C=O) groups is 2. The second-order valence-corrected chi connectivity index (χ2v) is 15.4. The SMILES string of the molecule is CS(=O)(=O)N1CCC(Nc2nc(N)c(C(=O)c3cccc(F)c3)s2)CC1.Nc1nc(NC2CCNCC2)sc1C(=O)c1cccc(F)c1. The molecular weight excluding hydrogens is 683 g/mol. The summed E-state index contributed by atoms with van der Waals surface area (Å²) in [6.07, 6.45) is 4.49. The zero-order valence-corrected chi connectivity index (χ0v) is 28.5. The fourth-order valence-corrected chi connectivity index (χ4v) is 8.00. The van der Waals surface area contributed by atoms with Gasteiger partial charge in [-0.3, -0.25) is 9.59 Å². The number of nitrogen functional groups attached to an aromatic ring is 2. The molecule has 17 heteroatoms. The van der Waals surface area contributed by atoms with Gasteiger partial charge in [-0.05, 0) is 63.0 Å². The van der Waals surface area contributed by atoms with Gasteiger partial charge in [0.1, 0.15) is 33.0 Å². The molecule has 7 N–H and O–H groups in total. The molecule has 0 radical (unpaired) electrons. The number of halogens is 2. The van der Waals surface area contributed by atoms with Crippen LogP contribution in [0.25, 0.3) is 0 Å². The van der Waals surface area contributed by atoms with Gasteiger partial charge in [0.15, 0.2) is 10.3 Å². The molecule has 0 unspecified atom stereocenters. The highest BCUT2D eigenvalue weighted by molar-refractivity contribution is 7.88. The van der Waals surface area contributed by atoms with Crippen LogP contribution in [0.3, 0.4) is 0 Å². The minimum absolute atomic E-state index is 0.0515. The van der Waals surface area contributed by atoms with Crippen molar-refractivity contribution in [3.05, 3.63) is 81.0 Å². The van der Waals surface area contributed by atoms with Gasteiger partial charge in [-0.2, -0.15) is 0 Å². The summed E-state index contributed by atoms with van der Waals surface area (Å²) in [5.74, 6) is -1.32. The van der Waals surface area contributed by atoms with E-state index in [2.05, 4.69) is 25.9 Å². The van der Waals surface area contributed by atoms with Crippen LogP contribution in [0.4, 0.5) is 30.7 Å². The van der Waals surface area contributed by atoms with Crippen molar-refractivity contribution in [1.82, 2.24) is 19.6 Å². The number of rotatable bonds is 9. The Hall–Kier alpha value is -4.03. The van der Waals surface area contributed by atoms with Crippen molar-refractivity contribution >= 4 is 66.2 Å². The van der Waals surface area contributed by atoms with E-state index in [-0.39, 0.29) is 45.2 Å². The maximum Gasteiger partial charge on any atom is 0.211 e. The lowest BCUT2D eigenvalue weighted by atomic mass is 10.1. The predicted molar refractivity (Wildman–Crippen MR) is 185 cm³/mol. The second kappa shape index (κ2) is 15.5. The Morgan fingerprint density at radius 2 is 1.25 bits per heavy atom. The summed E-state index contributed by atoms with van der Waals surface area (Å²) in [6, 6.07) is 11.4. The number of piperidine rings is 2. The first-order chi connectivity index (χ1) is 22.9. The van der Waals surface area contributed by atoms with Crippen molar-refractivity contribution in [2.24, 2.45) is 0 Å². The summed E-state index contributed by atoms with van der Waals surface area (Å²) >= 11 is 2.34. The van der Waals surface area contributed by atoms with Crippen LogP contribution in [0.5, 0.6) is 0 Å². The molecule has 2 fully saturated rings. The third kappa shape index (κ3) is 9.10. The van der Waals surface area contributed by atoms with Gasteiger partial charge in [-0.15, -0.1) is 0 Å². The summed E-state index contributed by atoms with van der Waals surface area (Å²) in [6.45, 7) is 2.81. The van der Waals surface area contributed by atoms with Crippen LogP contribution in [0.15, 0.2) is 48.5 Å². The smallest absolute Gasteiger partial charge is 0.211 e. The highest BCUT2D eigenvalue weighted by Crippen LogP contribution is 2.30. The fraction of sp³-hybridized carbons (Fsp3) is 0.355. The van der Waals surface area contributed by atoms with Gasteiger partial charge >= 0.3 is 0 Å². The third-order valence-corrected chi connectivity index (χ3v) is 11.1. The summed E-state index contributed by atoms with van der Waals surface area (Å²) < 4.78 is 51.1. The minimum Gasteiger partial charge on any atom is -0.382 e. The van der Waals surface area contributed by atoms with E-state index in [1.807, 2.05) is 0 Å². The first kappa shape index (κ1) is 35.3. The number of hydrogen-bond donors (Lipinski definition) is 5. The van der Waals surface area contributed by atoms with E-state index in [1.165, 1.54) is 58.3 Å². The number of aromatic nitrogens is 2. The van der Waals surface area contributed by atoms with Crippen LogP contribution in [0.1, 0.15) is 56.2 Å². The lowest BCUT2D eigenvalue weighted by Gasteiger charge is -2.30. The maximum absolute atomic E-state index is 13.3. The van der Waals surface area contributed by atoms with Gasteiger partial charge in [0.05, 0.1) is 6.26 Å². The van der Waals surface area contributed by atoms with E-state index in [9.17, 15) is 26.8 Å². The predicted octanol–water partition coefficient (Wildman–Crippen LogP) is 4.19. The van der Waals surface area contributed by atoms with E-state index in [0.717, 1.165) is 43.3 Å². The van der Waals surface area contributed by atoms with Crippen molar-refractivity contribution in [1.29, 1.82) is 0 Å². The number of carbonyl (C=O) groups excluding carboxylic acids is 2. The highest BCUT2D eigenvalue weighted by Gasteiger charge is 2.26. The molecule has 0 amide bonds. The van der Waals surface area contributed by atoms with E-state index in [1.54, 1.807) is 6.07 Å². The molecule has 0 atom stereocenters. The Morgan fingerprint density at radius 3 is 1.67 bits per heavy atom. The zero-order valence-electron chi connectivity index (χ0n) is 26.0. The van der Waals surface area contributed by atoms with Gasteiger partial charge in [-0.25, -0.2) is 31.5 Å². The van der Waals surface area contributed by atoms with Crippen molar-refractivity contribution in [3.8, 4) is 0 Å².